The predicted octanol–water partition coefficient (Wildman–Crippen LogP) is 5.84. The van der Waals surface area contributed by atoms with E-state index in [-0.39, 0.29) is 5.97 Å². The van der Waals surface area contributed by atoms with Crippen LogP contribution in [0.5, 0.6) is 0 Å². The fraction of sp³-hybridized carbons (Fsp3) is 0.895. The molecule has 0 bridgehead atoms. The molecule has 0 spiro atoms. The van der Waals surface area contributed by atoms with E-state index in [4.69, 9.17) is 4.74 Å². The first-order chi connectivity index (χ1) is 10.3. The molecule has 1 saturated carbocycles. The predicted molar refractivity (Wildman–Crippen MR) is 89.1 cm³/mol. The fourth-order valence-corrected chi connectivity index (χ4v) is 3.11. The van der Waals surface area contributed by atoms with E-state index in [2.05, 4.69) is 6.92 Å². The van der Waals surface area contributed by atoms with Crippen molar-refractivity contribution < 1.29 is 9.53 Å². The second-order valence-corrected chi connectivity index (χ2v) is 6.60. The number of unbranched alkanes of at least 4 members (excludes halogenated alkanes) is 8. The standard InChI is InChI=1S/C19H35O2/c1-2-3-4-5-6-7-8-9-13-16-19(20)21-17-18-14-11-10-12-15-18/h16,18H,2-15,17H2,1H3. The Morgan fingerprint density at radius 1 is 0.952 bits per heavy atom. The van der Waals surface area contributed by atoms with Crippen LogP contribution in [0.2, 0.25) is 0 Å². The van der Waals surface area contributed by atoms with Crippen molar-refractivity contribution in [3.05, 3.63) is 6.42 Å². The average Bonchev–Trinajstić information content (AvgIpc) is 2.52. The highest BCUT2D eigenvalue weighted by atomic mass is 16.5. The zero-order valence-corrected chi connectivity index (χ0v) is 14.1. The number of hydrogen-bond acceptors (Lipinski definition) is 2. The van der Waals surface area contributed by atoms with Crippen LogP contribution in [0.15, 0.2) is 0 Å². The molecule has 0 aromatic carbocycles. The van der Waals surface area contributed by atoms with Crippen LogP contribution in [-0.4, -0.2) is 12.6 Å². The van der Waals surface area contributed by atoms with Crippen molar-refractivity contribution in [3.63, 3.8) is 0 Å². The average molecular weight is 295 g/mol. The van der Waals surface area contributed by atoms with E-state index in [0.717, 1.165) is 12.8 Å². The Hall–Kier alpha value is -0.530. The monoisotopic (exact) mass is 295 g/mol. The molecule has 0 heterocycles. The first kappa shape index (κ1) is 18.5. The third-order valence-electron chi connectivity index (χ3n) is 4.55. The highest BCUT2D eigenvalue weighted by Crippen LogP contribution is 2.23. The van der Waals surface area contributed by atoms with Gasteiger partial charge >= 0.3 is 5.97 Å². The van der Waals surface area contributed by atoms with E-state index >= 15 is 0 Å². The summed E-state index contributed by atoms with van der Waals surface area (Å²) in [7, 11) is 0. The van der Waals surface area contributed by atoms with Crippen molar-refractivity contribution in [1.29, 1.82) is 0 Å². The molecule has 1 rings (SSSR count). The Morgan fingerprint density at radius 3 is 2.24 bits per heavy atom. The van der Waals surface area contributed by atoms with Crippen LogP contribution in [0.4, 0.5) is 0 Å². The largest absolute Gasteiger partial charge is 0.465 e. The lowest BCUT2D eigenvalue weighted by Gasteiger charge is -2.20. The van der Waals surface area contributed by atoms with Gasteiger partial charge in [-0.3, -0.25) is 4.79 Å². The van der Waals surface area contributed by atoms with Gasteiger partial charge in [-0.1, -0.05) is 77.6 Å². The number of rotatable bonds is 12. The number of carbonyl (C=O) groups is 1. The highest BCUT2D eigenvalue weighted by molar-refractivity contribution is 5.78. The summed E-state index contributed by atoms with van der Waals surface area (Å²) in [5, 5.41) is 0. The molecule has 1 aliphatic rings. The fourth-order valence-electron chi connectivity index (χ4n) is 3.11. The Kier molecular flexibility index (Phi) is 11.6. The maximum absolute atomic E-state index is 11.6. The van der Waals surface area contributed by atoms with E-state index in [1.807, 2.05) is 0 Å². The van der Waals surface area contributed by atoms with Crippen LogP contribution in [-0.2, 0) is 9.53 Å². The Labute approximate surface area is 132 Å². The van der Waals surface area contributed by atoms with E-state index in [9.17, 15) is 4.79 Å². The van der Waals surface area contributed by atoms with Gasteiger partial charge in [-0.25, -0.2) is 0 Å². The molecule has 0 aromatic heterocycles. The molecule has 0 atom stereocenters. The molecule has 0 aromatic rings. The third-order valence-corrected chi connectivity index (χ3v) is 4.55. The summed E-state index contributed by atoms with van der Waals surface area (Å²) in [4.78, 5) is 11.6. The van der Waals surface area contributed by atoms with E-state index in [0.29, 0.717) is 12.5 Å². The Bertz CT molecular complexity index is 244. The lowest BCUT2D eigenvalue weighted by molar-refractivity contribution is -0.141. The summed E-state index contributed by atoms with van der Waals surface area (Å²) < 4.78 is 5.36. The van der Waals surface area contributed by atoms with Crippen LogP contribution >= 0.6 is 0 Å². The molecule has 2 heteroatoms. The number of ether oxygens (including phenoxy) is 1. The minimum atomic E-state index is -0.0940. The van der Waals surface area contributed by atoms with Gasteiger partial charge in [0.05, 0.1) is 13.0 Å². The van der Waals surface area contributed by atoms with Crippen molar-refractivity contribution in [3.8, 4) is 0 Å². The minimum absolute atomic E-state index is 0.0940. The molecule has 0 aliphatic heterocycles. The summed E-state index contributed by atoms with van der Waals surface area (Å²) in [6.45, 7) is 2.90. The molecule has 0 amide bonds. The van der Waals surface area contributed by atoms with Crippen LogP contribution in [0.1, 0.15) is 96.8 Å². The van der Waals surface area contributed by atoms with Gasteiger partial charge in [-0.2, -0.15) is 0 Å². The zero-order valence-electron chi connectivity index (χ0n) is 14.1. The van der Waals surface area contributed by atoms with Gasteiger partial charge in [0.1, 0.15) is 0 Å². The van der Waals surface area contributed by atoms with Crippen LogP contribution in [0.3, 0.4) is 0 Å². The normalized spacial score (nSPS) is 16.0. The molecular weight excluding hydrogens is 260 g/mol. The van der Waals surface area contributed by atoms with Crippen molar-refractivity contribution in [2.45, 2.75) is 96.8 Å². The maximum Gasteiger partial charge on any atom is 0.309 e. The lowest BCUT2D eigenvalue weighted by Crippen LogP contribution is -2.16. The summed E-state index contributed by atoms with van der Waals surface area (Å²) in [6, 6.07) is 0. The minimum Gasteiger partial charge on any atom is -0.465 e. The van der Waals surface area contributed by atoms with Gasteiger partial charge in [-0.15, -0.1) is 0 Å². The zero-order chi connectivity index (χ0) is 15.2. The third kappa shape index (κ3) is 10.8. The molecule has 2 nitrogen and oxygen atoms in total. The quantitative estimate of drug-likeness (QED) is 0.334. The maximum atomic E-state index is 11.6. The molecule has 0 saturated heterocycles. The summed E-state index contributed by atoms with van der Waals surface area (Å²) in [5.74, 6) is 0.530. The Morgan fingerprint density at radius 2 is 1.57 bits per heavy atom. The van der Waals surface area contributed by atoms with Crippen molar-refractivity contribution >= 4 is 5.97 Å². The van der Waals surface area contributed by atoms with Gasteiger partial charge < -0.3 is 4.74 Å². The van der Waals surface area contributed by atoms with Crippen molar-refractivity contribution in [2.24, 2.45) is 5.92 Å². The van der Waals surface area contributed by atoms with Crippen LogP contribution in [0, 0.1) is 12.3 Å². The Balaban J connectivity index is 1.82. The van der Waals surface area contributed by atoms with Gasteiger partial charge in [0, 0.05) is 0 Å². The van der Waals surface area contributed by atoms with Crippen molar-refractivity contribution in [2.75, 3.05) is 6.61 Å². The molecule has 21 heavy (non-hydrogen) atoms. The molecule has 0 N–H and O–H groups in total. The molecule has 123 valence electrons. The second-order valence-electron chi connectivity index (χ2n) is 6.60. The lowest BCUT2D eigenvalue weighted by atomic mass is 9.90. The number of esters is 1. The number of hydrogen-bond donors (Lipinski definition) is 0. The topological polar surface area (TPSA) is 26.3 Å². The molecule has 1 radical (unpaired) electrons. The molecular formula is C19H35O2. The van der Waals surface area contributed by atoms with Crippen molar-refractivity contribution in [1.82, 2.24) is 0 Å². The van der Waals surface area contributed by atoms with Gasteiger partial charge in [-0.05, 0) is 25.2 Å². The van der Waals surface area contributed by atoms with Gasteiger partial charge in [0.15, 0.2) is 0 Å². The summed E-state index contributed by atoms with van der Waals surface area (Å²) >= 11 is 0. The SMILES string of the molecule is CCCCCCCCCC[CH]C(=O)OCC1CCCCC1. The molecule has 1 fully saturated rings. The summed E-state index contributed by atoms with van der Waals surface area (Å²) in [6.07, 6.45) is 19.6. The first-order valence-electron chi connectivity index (χ1n) is 9.33. The smallest absolute Gasteiger partial charge is 0.309 e. The van der Waals surface area contributed by atoms with E-state index in [1.54, 1.807) is 6.42 Å². The second kappa shape index (κ2) is 13.2. The van der Waals surface area contributed by atoms with Gasteiger partial charge in [0.25, 0.3) is 0 Å². The van der Waals surface area contributed by atoms with E-state index in [1.165, 1.54) is 77.0 Å². The molecule has 1 aliphatic carbocycles. The number of carbonyl (C=O) groups excluding carboxylic acids is 1. The summed E-state index contributed by atoms with van der Waals surface area (Å²) in [5.41, 5.74) is 0. The first-order valence-corrected chi connectivity index (χ1v) is 9.33. The van der Waals surface area contributed by atoms with Gasteiger partial charge in [0.2, 0.25) is 0 Å². The molecule has 0 unspecified atom stereocenters. The van der Waals surface area contributed by atoms with Crippen LogP contribution in [0.25, 0.3) is 0 Å². The van der Waals surface area contributed by atoms with Crippen LogP contribution < -0.4 is 0 Å². The highest BCUT2D eigenvalue weighted by Gasteiger charge is 2.15. The van der Waals surface area contributed by atoms with E-state index < -0.39 is 0 Å².